The Balaban J connectivity index is 0.000000272. The monoisotopic (exact) mass is 349 g/mol. The van der Waals surface area contributed by atoms with Gasteiger partial charge in [-0.15, -0.1) is 0 Å². The first kappa shape index (κ1) is 19.2. The van der Waals surface area contributed by atoms with Crippen LogP contribution < -0.4 is 5.73 Å². The molecule has 0 atom stereocenters. The van der Waals surface area contributed by atoms with Crippen molar-refractivity contribution in [3.63, 3.8) is 0 Å². The number of aryl methyl sites for hydroxylation is 1. The third-order valence-corrected chi connectivity index (χ3v) is 3.71. The average molecular weight is 350 g/mol. The normalized spacial score (nSPS) is 9.62. The maximum atomic E-state index is 10.8. The van der Waals surface area contributed by atoms with Crippen molar-refractivity contribution in [2.45, 2.75) is 13.8 Å². The fraction of sp³-hybridized carbons (Fsp3) is 0.118. The van der Waals surface area contributed by atoms with E-state index in [9.17, 15) is 14.4 Å². The first-order chi connectivity index (χ1) is 11.1. The standard InChI is InChI=1S/C9H7NO5.C8H9Cl/c10-7(11)5-2-1-4(8(12)13)3-6(5)9(14)15;1-6-4-3-5-8(9)7(6)2/h1-3H,(H2,10,11)(H,12,13)(H,14,15);3-5H,1-2H3. The van der Waals surface area contributed by atoms with Gasteiger partial charge in [0.05, 0.1) is 16.7 Å². The molecule has 0 saturated carbocycles. The third kappa shape index (κ3) is 4.82. The second-order valence-corrected chi connectivity index (χ2v) is 5.32. The van der Waals surface area contributed by atoms with E-state index in [1.807, 2.05) is 19.1 Å². The Kier molecular flexibility index (Phi) is 6.49. The molecule has 2 aromatic rings. The van der Waals surface area contributed by atoms with Gasteiger partial charge in [0, 0.05) is 5.02 Å². The van der Waals surface area contributed by atoms with Crippen molar-refractivity contribution in [3.05, 3.63) is 69.2 Å². The molecule has 0 aliphatic rings. The maximum absolute atomic E-state index is 10.8. The van der Waals surface area contributed by atoms with E-state index in [1.54, 1.807) is 0 Å². The van der Waals surface area contributed by atoms with Crippen molar-refractivity contribution in [1.29, 1.82) is 0 Å². The first-order valence-electron chi connectivity index (χ1n) is 6.77. The fourth-order valence-electron chi connectivity index (χ4n) is 1.78. The highest BCUT2D eigenvalue weighted by atomic mass is 35.5. The summed E-state index contributed by atoms with van der Waals surface area (Å²) in [6, 6.07) is 9.02. The Bertz CT molecular complexity index is 781. The lowest BCUT2D eigenvalue weighted by atomic mass is 10.0. The topological polar surface area (TPSA) is 118 Å². The summed E-state index contributed by atoms with van der Waals surface area (Å²) >= 11 is 5.81. The number of rotatable bonds is 3. The summed E-state index contributed by atoms with van der Waals surface area (Å²) in [5, 5.41) is 18.2. The summed E-state index contributed by atoms with van der Waals surface area (Å²) in [5.74, 6) is -3.58. The molecule has 6 nitrogen and oxygen atoms in total. The lowest BCUT2D eigenvalue weighted by Gasteiger charge is -2.02. The molecule has 0 bridgehead atoms. The van der Waals surface area contributed by atoms with Crippen LogP contribution in [-0.4, -0.2) is 28.1 Å². The predicted octanol–water partition coefficient (Wildman–Crippen LogP) is 3.14. The van der Waals surface area contributed by atoms with Crippen LogP contribution in [0.25, 0.3) is 0 Å². The SMILES string of the molecule is Cc1cccc(Cl)c1C.NC(=O)c1ccc(C(=O)O)cc1C(=O)O. The van der Waals surface area contributed by atoms with E-state index in [-0.39, 0.29) is 11.1 Å². The number of carboxylic acids is 2. The Hall–Kier alpha value is -2.86. The minimum absolute atomic E-state index is 0.211. The van der Waals surface area contributed by atoms with Gasteiger partial charge in [-0.2, -0.15) is 0 Å². The van der Waals surface area contributed by atoms with Crippen molar-refractivity contribution in [1.82, 2.24) is 0 Å². The van der Waals surface area contributed by atoms with Gasteiger partial charge >= 0.3 is 11.9 Å². The summed E-state index contributed by atoms with van der Waals surface area (Å²) in [6.45, 7) is 4.08. The number of hydrogen-bond acceptors (Lipinski definition) is 3. The number of benzene rings is 2. The molecule has 2 rings (SSSR count). The molecule has 0 aliphatic heterocycles. The summed E-state index contributed by atoms with van der Waals surface area (Å²) in [7, 11) is 0. The van der Waals surface area contributed by atoms with Gasteiger partial charge in [-0.3, -0.25) is 4.79 Å². The van der Waals surface area contributed by atoms with Crippen LogP contribution in [0.5, 0.6) is 0 Å². The number of carbonyl (C=O) groups excluding carboxylic acids is 1. The molecule has 0 saturated heterocycles. The van der Waals surface area contributed by atoms with Crippen molar-refractivity contribution in [2.75, 3.05) is 0 Å². The Morgan fingerprint density at radius 1 is 0.958 bits per heavy atom. The second kappa shape index (κ2) is 8.12. The van der Waals surface area contributed by atoms with Crippen LogP contribution in [0.2, 0.25) is 5.02 Å². The number of halogens is 1. The molecule has 24 heavy (non-hydrogen) atoms. The lowest BCUT2D eigenvalue weighted by Crippen LogP contribution is -2.17. The van der Waals surface area contributed by atoms with Gasteiger partial charge in [0.2, 0.25) is 5.91 Å². The van der Waals surface area contributed by atoms with E-state index >= 15 is 0 Å². The molecular formula is C17H16ClNO5. The van der Waals surface area contributed by atoms with E-state index in [0.717, 1.165) is 23.2 Å². The summed E-state index contributed by atoms with van der Waals surface area (Å²) in [6.07, 6.45) is 0. The van der Waals surface area contributed by atoms with E-state index < -0.39 is 23.4 Å². The summed E-state index contributed by atoms with van der Waals surface area (Å²) < 4.78 is 0. The number of primary amides is 1. The highest BCUT2D eigenvalue weighted by molar-refractivity contribution is 6.31. The van der Waals surface area contributed by atoms with Gasteiger partial charge in [0.15, 0.2) is 0 Å². The maximum Gasteiger partial charge on any atom is 0.336 e. The summed E-state index contributed by atoms with van der Waals surface area (Å²) in [4.78, 5) is 32.1. The molecule has 4 N–H and O–H groups in total. The van der Waals surface area contributed by atoms with Gasteiger partial charge in [-0.25, -0.2) is 9.59 Å². The van der Waals surface area contributed by atoms with E-state index in [2.05, 4.69) is 13.0 Å². The molecule has 0 unspecified atom stereocenters. The van der Waals surface area contributed by atoms with Gasteiger partial charge in [-0.1, -0.05) is 23.7 Å². The Labute approximate surface area is 143 Å². The van der Waals surface area contributed by atoms with Crippen LogP contribution in [0.3, 0.4) is 0 Å². The Morgan fingerprint density at radius 3 is 2.00 bits per heavy atom. The molecular weight excluding hydrogens is 334 g/mol. The predicted molar refractivity (Wildman–Crippen MR) is 89.8 cm³/mol. The number of aromatic carboxylic acids is 2. The van der Waals surface area contributed by atoms with E-state index in [0.29, 0.717) is 0 Å². The summed E-state index contributed by atoms with van der Waals surface area (Å²) in [5.41, 5.74) is 6.52. The average Bonchev–Trinajstić information content (AvgIpc) is 2.52. The number of nitrogens with two attached hydrogens (primary N) is 1. The van der Waals surface area contributed by atoms with Crippen molar-refractivity contribution >= 4 is 29.4 Å². The molecule has 0 aliphatic carbocycles. The second-order valence-electron chi connectivity index (χ2n) is 4.92. The van der Waals surface area contributed by atoms with Gasteiger partial charge < -0.3 is 15.9 Å². The zero-order chi connectivity index (χ0) is 18.4. The van der Waals surface area contributed by atoms with Gasteiger partial charge in [0.1, 0.15) is 0 Å². The molecule has 0 spiro atoms. The molecule has 0 radical (unpaired) electrons. The van der Waals surface area contributed by atoms with Crippen LogP contribution >= 0.6 is 11.6 Å². The molecule has 2 aromatic carbocycles. The first-order valence-corrected chi connectivity index (χ1v) is 7.15. The van der Waals surface area contributed by atoms with E-state index in [1.165, 1.54) is 11.1 Å². The van der Waals surface area contributed by atoms with Crippen LogP contribution in [0.4, 0.5) is 0 Å². The number of carbonyl (C=O) groups is 3. The smallest absolute Gasteiger partial charge is 0.336 e. The van der Waals surface area contributed by atoms with Crippen molar-refractivity contribution < 1.29 is 24.6 Å². The highest BCUT2D eigenvalue weighted by Gasteiger charge is 2.16. The zero-order valence-corrected chi connectivity index (χ0v) is 13.8. The molecule has 7 heteroatoms. The van der Waals surface area contributed by atoms with Gasteiger partial charge in [0.25, 0.3) is 0 Å². The molecule has 0 fully saturated rings. The molecule has 0 heterocycles. The van der Waals surface area contributed by atoms with Crippen LogP contribution in [0.15, 0.2) is 36.4 Å². The third-order valence-electron chi connectivity index (χ3n) is 3.30. The lowest BCUT2D eigenvalue weighted by molar-refractivity contribution is 0.0692. The van der Waals surface area contributed by atoms with Gasteiger partial charge in [-0.05, 0) is 49.2 Å². The van der Waals surface area contributed by atoms with Crippen molar-refractivity contribution in [2.24, 2.45) is 5.73 Å². The Morgan fingerprint density at radius 2 is 1.58 bits per heavy atom. The number of carboxylic acid groups (broad SMARTS) is 2. The van der Waals surface area contributed by atoms with Crippen LogP contribution in [-0.2, 0) is 0 Å². The zero-order valence-electron chi connectivity index (χ0n) is 13.0. The quantitative estimate of drug-likeness (QED) is 0.786. The largest absolute Gasteiger partial charge is 0.478 e. The minimum atomic E-state index is -1.40. The molecule has 1 amide bonds. The van der Waals surface area contributed by atoms with Crippen LogP contribution in [0, 0.1) is 13.8 Å². The number of hydrogen-bond donors (Lipinski definition) is 3. The minimum Gasteiger partial charge on any atom is -0.478 e. The van der Waals surface area contributed by atoms with Crippen molar-refractivity contribution in [3.8, 4) is 0 Å². The van der Waals surface area contributed by atoms with E-state index in [4.69, 9.17) is 27.5 Å². The molecule has 0 aromatic heterocycles. The fourth-order valence-corrected chi connectivity index (χ4v) is 2.01. The number of amides is 1. The van der Waals surface area contributed by atoms with Crippen LogP contribution in [0.1, 0.15) is 42.2 Å². The highest BCUT2D eigenvalue weighted by Crippen LogP contribution is 2.17. The molecule has 126 valence electrons.